The molecule has 1 aliphatic heterocycles. The minimum absolute atomic E-state index is 0.426. The van der Waals surface area contributed by atoms with Crippen LogP contribution in [0.25, 0.3) is 4.96 Å². The van der Waals surface area contributed by atoms with Gasteiger partial charge in [0.05, 0.1) is 11.8 Å². The van der Waals surface area contributed by atoms with Gasteiger partial charge in [0.2, 0.25) is 0 Å². The van der Waals surface area contributed by atoms with Gasteiger partial charge in [-0.2, -0.15) is 0 Å². The molecule has 3 rings (SSSR count). The van der Waals surface area contributed by atoms with Crippen molar-refractivity contribution in [2.45, 2.75) is 44.2 Å². The van der Waals surface area contributed by atoms with Crippen molar-refractivity contribution in [1.29, 1.82) is 0 Å². The summed E-state index contributed by atoms with van der Waals surface area (Å²) < 4.78 is 7.93. The van der Waals surface area contributed by atoms with Gasteiger partial charge in [-0.1, -0.05) is 0 Å². The molecule has 4 nitrogen and oxygen atoms in total. The monoisotopic (exact) mass is 279 g/mol. The van der Waals surface area contributed by atoms with Crippen molar-refractivity contribution >= 4 is 16.3 Å². The lowest BCUT2D eigenvalue weighted by Gasteiger charge is -2.26. The molecule has 104 valence electrons. The zero-order valence-corrected chi connectivity index (χ0v) is 12.2. The van der Waals surface area contributed by atoms with Gasteiger partial charge in [0.15, 0.2) is 4.96 Å². The number of nitrogens with zero attached hydrogens (tertiary/aromatic N) is 2. The maximum absolute atomic E-state index is 5.83. The molecular formula is C14H21N3OS. The summed E-state index contributed by atoms with van der Waals surface area (Å²) in [6.45, 7) is 0.932. The fourth-order valence-electron chi connectivity index (χ4n) is 2.74. The Morgan fingerprint density at radius 3 is 3.26 bits per heavy atom. The summed E-state index contributed by atoms with van der Waals surface area (Å²) in [7, 11) is 2.03. The lowest BCUT2D eigenvalue weighted by molar-refractivity contribution is 0.00564. The minimum Gasteiger partial charge on any atom is -0.378 e. The quantitative estimate of drug-likeness (QED) is 0.914. The summed E-state index contributed by atoms with van der Waals surface area (Å²) >= 11 is 1.69. The number of hydrogen-bond donors (Lipinski definition) is 1. The Morgan fingerprint density at radius 1 is 1.58 bits per heavy atom. The number of thiazole rings is 1. The summed E-state index contributed by atoms with van der Waals surface area (Å²) in [5.41, 5.74) is 1.17. The molecular weight excluding hydrogens is 258 g/mol. The van der Waals surface area contributed by atoms with Crippen LogP contribution >= 0.6 is 11.3 Å². The lowest BCUT2D eigenvalue weighted by atomic mass is 9.99. The highest BCUT2D eigenvalue weighted by Gasteiger charge is 2.19. The summed E-state index contributed by atoms with van der Waals surface area (Å²) in [5, 5.41) is 5.48. The van der Waals surface area contributed by atoms with E-state index >= 15 is 0 Å². The van der Waals surface area contributed by atoms with E-state index in [0.29, 0.717) is 12.1 Å². The van der Waals surface area contributed by atoms with Crippen LogP contribution in [0.5, 0.6) is 0 Å². The van der Waals surface area contributed by atoms with E-state index < -0.39 is 0 Å². The Labute approximate surface area is 117 Å². The van der Waals surface area contributed by atoms with Gasteiger partial charge in [-0.3, -0.25) is 4.40 Å². The van der Waals surface area contributed by atoms with Gasteiger partial charge < -0.3 is 10.1 Å². The molecule has 0 amide bonds. The molecule has 0 aromatic carbocycles. The lowest BCUT2D eigenvalue weighted by Crippen LogP contribution is -2.34. The number of imidazole rings is 1. The number of likely N-dealkylation sites (N-methyl/N-ethyl adjacent to an activating group) is 1. The summed E-state index contributed by atoms with van der Waals surface area (Å²) in [5.74, 6) is 0. The van der Waals surface area contributed by atoms with Crippen LogP contribution in [0.2, 0.25) is 0 Å². The summed E-state index contributed by atoms with van der Waals surface area (Å²) in [6.07, 6.45) is 10.4. The first-order chi connectivity index (χ1) is 9.35. The number of aromatic nitrogens is 2. The van der Waals surface area contributed by atoms with Gasteiger partial charge in [-0.15, -0.1) is 11.3 Å². The van der Waals surface area contributed by atoms with E-state index in [4.69, 9.17) is 4.74 Å². The van der Waals surface area contributed by atoms with Gasteiger partial charge in [-0.25, -0.2) is 4.98 Å². The van der Waals surface area contributed by atoms with Crippen molar-refractivity contribution in [3.63, 3.8) is 0 Å². The number of hydrogen-bond acceptors (Lipinski definition) is 4. The Kier molecular flexibility index (Phi) is 4.15. The summed E-state index contributed by atoms with van der Waals surface area (Å²) in [4.78, 5) is 5.74. The molecule has 1 fully saturated rings. The highest BCUT2D eigenvalue weighted by molar-refractivity contribution is 7.15. The van der Waals surface area contributed by atoms with Crippen molar-refractivity contribution < 1.29 is 4.74 Å². The van der Waals surface area contributed by atoms with Crippen molar-refractivity contribution in [2.75, 3.05) is 13.7 Å². The molecule has 0 spiro atoms. The van der Waals surface area contributed by atoms with E-state index in [0.717, 1.165) is 24.4 Å². The SMILES string of the molecule is CNC(Cc1cn2ccsc2n1)CC1CCCCO1. The van der Waals surface area contributed by atoms with Gasteiger partial charge >= 0.3 is 0 Å². The topological polar surface area (TPSA) is 38.6 Å². The van der Waals surface area contributed by atoms with E-state index in [2.05, 4.69) is 32.5 Å². The third kappa shape index (κ3) is 3.16. The average molecular weight is 279 g/mol. The van der Waals surface area contributed by atoms with Gasteiger partial charge in [-0.05, 0) is 32.7 Å². The van der Waals surface area contributed by atoms with Crippen LogP contribution in [-0.2, 0) is 11.2 Å². The van der Waals surface area contributed by atoms with Crippen molar-refractivity contribution in [3.05, 3.63) is 23.5 Å². The fourth-order valence-corrected chi connectivity index (χ4v) is 3.46. The Balaban J connectivity index is 1.60. The standard InChI is InChI=1S/C14H21N3OS/c1-15-11(9-13-4-2-3-6-18-13)8-12-10-17-5-7-19-14(17)16-12/h5,7,10-11,13,15H,2-4,6,8-9H2,1H3. The number of ether oxygens (including phenoxy) is 1. The maximum atomic E-state index is 5.83. The smallest absolute Gasteiger partial charge is 0.193 e. The van der Waals surface area contributed by atoms with Crippen molar-refractivity contribution in [2.24, 2.45) is 0 Å². The second-order valence-electron chi connectivity index (χ2n) is 5.24. The molecule has 1 saturated heterocycles. The first kappa shape index (κ1) is 13.1. The molecule has 5 heteroatoms. The van der Waals surface area contributed by atoms with Gasteiger partial charge in [0.1, 0.15) is 0 Å². The molecule has 3 heterocycles. The highest BCUT2D eigenvalue weighted by atomic mass is 32.1. The first-order valence-electron chi connectivity index (χ1n) is 7.05. The van der Waals surface area contributed by atoms with E-state index in [-0.39, 0.29) is 0 Å². The zero-order chi connectivity index (χ0) is 13.1. The Hall–Kier alpha value is -0.910. The van der Waals surface area contributed by atoms with E-state index in [9.17, 15) is 0 Å². The zero-order valence-electron chi connectivity index (χ0n) is 11.3. The third-order valence-corrected chi connectivity index (χ3v) is 4.60. The maximum Gasteiger partial charge on any atom is 0.193 e. The first-order valence-corrected chi connectivity index (χ1v) is 7.93. The van der Waals surface area contributed by atoms with Gasteiger partial charge in [0, 0.05) is 36.8 Å². The van der Waals surface area contributed by atoms with Crippen LogP contribution in [0.1, 0.15) is 31.4 Å². The number of nitrogens with one attached hydrogen (secondary N) is 1. The molecule has 1 N–H and O–H groups in total. The van der Waals surface area contributed by atoms with E-state index in [1.54, 1.807) is 11.3 Å². The molecule has 0 radical (unpaired) electrons. The van der Waals surface area contributed by atoms with Crippen LogP contribution in [0.3, 0.4) is 0 Å². The largest absolute Gasteiger partial charge is 0.378 e. The minimum atomic E-state index is 0.426. The van der Waals surface area contributed by atoms with Crippen LogP contribution in [0, 0.1) is 0 Å². The molecule has 2 unspecified atom stereocenters. The summed E-state index contributed by atoms with van der Waals surface area (Å²) in [6, 6.07) is 0.452. The number of rotatable bonds is 5. The second-order valence-corrected chi connectivity index (χ2v) is 6.11. The molecule has 2 atom stereocenters. The van der Waals surface area contributed by atoms with Crippen LogP contribution in [0.4, 0.5) is 0 Å². The van der Waals surface area contributed by atoms with Gasteiger partial charge in [0.25, 0.3) is 0 Å². The molecule has 19 heavy (non-hydrogen) atoms. The van der Waals surface area contributed by atoms with Crippen LogP contribution < -0.4 is 5.32 Å². The van der Waals surface area contributed by atoms with Crippen molar-refractivity contribution in [3.8, 4) is 0 Å². The predicted molar refractivity (Wildman–Crippen MR) is 77.8 cm³/mol. The van der Waals surface area contributed by atoms with Crippen molar-refractivity contribution in [1.82, 2.24) is 14.7 Å². The second kappa shape index (κ2) is 6.03. The predicted octanol–water partition coefficient (Wildman–Crippen LogP) is 2.49. The van der Waals surface area contributed by atoms with Crippen LogP contribution in [-0.4, -0.2) is 35.2 Å². The third-order valence-electron chi connectivity index (χ3n) is 3.83. The average Bonchev–Trinajstić information content (AvgIpc) is 3.00. The normalized spacial score (nSPS) is 21.8. The van der Waals surface area contributed by atoms with E-state index in [1.165, 1.54) is 25.0 Å². The molecule has 1 aliphatic rings. The Bertz CT molecular complexity index is 487. The fraction of sp³-hybridized carbons (Fsp3) is 0.643. The highest BCUT2D eigenvalue weighted by Crippen LogP contribution is 2.19. The molecule has 0 saturated carbocycles. The molecule has 0 bridgehead atoms. The molecule has 2 aromatic rings. The van der Waals surface area contributed by atoms with Crippen LogP contribution in [0.15, 0.2) is 17.8 Å². The number of fused-ring (bicyclic) bond motifs is 1. The molecule has 2 aromatic heterocycles. The Morgan fingerprint density at radius 2 is 2.53 bits per heavy atom. The van der Waals surface area contributed by atoms with E-state index in [1.807, 2.05) is 7.05 Å². The molecule has 0 aliphatic carbocycles.